The quantitative estimate of drug-likeness (QED) is 0.798. The number of hydrogen-bond acceptors (Lipinski definition) is 4. The third-order valence-corrected chi connectivity index (χ3v) is 2.78. The Bertz CT molecular complexity index is 477. The van der Waals surface area contributed by atoms with Gasteiger partial charge in [0.2, 0.25) is 0 Å². The molecule has 2 heterocycles. The van der Waals surface area contributed by atoms with Crippen molar-refractivity contribution < 1.29 is 0 Å². The molecule has 0 N–H and O–H groups in total. The fourth-order valence-electron chi connectivity index (χ4n) is 1.59. The van der Waals surface area contributed by atoms with Gasteiger partial charge in [0.05, 0.1) is 5.69 Å². The number of nitrogens with zero attached hydrogens (tertiary/aromatic N) is 5. The largest absolute Gasteiger partial charge is 0.302 e. The Balaban J connectivity index is 2.25. The van der Waals surface area contributed by atoms with Crippen LogP contribution in [0.2, 0.25) is 0 Å². The Kier molecular flexibility index (Phi) is 3.49. The third-order valence-electron chi connectivity index (χ3n) is 2.78. The van der Waals surface area contributed by atoms with Crippen LogP contribution < -0.4 is 0 Å². The summed E-state index contributed by atoms with van der Waals surface area (Å²) in [5.74, 6) is 0.800. The van der Waals surface area contributed by atoms with Crippen molar-refractivity contribution in [2.75, 3.05) is 13.6 Å². The van der Waals surface area contributed by atoms with Crippen molar-refractivity contribution in [3.63, 3.8) is 0 Å². The SMILES string of the molecule is CCN(C)Cc1cn(-c2ccncn2)nc1C. The molecule has 0 unspecified atom stereocenters. The van der Waals surface area contributed by atoms with E-state index in [1.165, 1.54) is 11.9 Å². The molecule has 0 atom stereocenters. The maximum absolute atomic E-state index is 4.47. The molecule has 0 spiro atoms. The van der Waals surface area contributed by atoms with Crippen molar-refractivity contribution in [3.05, 3.63) is 36.0 Å². The number of rotatable bonds is 4. The summed E-state index contributed by atoms with van der Waals surface area (Å²) in [6.07, 6.45) is 5.28. The molecule has 0 saturated heterocycles. The summed E-state index contributed by atoms with van der Waals surface area (Å²) in [6.45, 7) is 6.10. The van der Waals surface area contributed by atoms with Crippen molar-refractivity contribution in [1.82, 2.24) is 24.6 Å². The van der Waals surface area contributed by atoms with E-state index < -0.39 is 0 Å². The Hall–Kier alpha value is -1.75. The van der Waals surface area contributed by atoms with E-state index in [0.29, 0.717) is 0 Å². The highest BCUT2D eigenvalue weighted by molar-refractivity contribution is 5.24. The van der Waals surface area contributed by atoms with Gasteiger partial charge in [-0.1, -0.05) is 6.92 Å². The summed E-state index contributed by atoms with van der Waals surface area (Å²) >= 11 is 0. The Morgan fingerprint density at radius 3 is 2.88 bits per heavy atom. The number of aryl methyl sites for hydroxylation is 1. The smallest absolute Gasteiger partial charge is 0.156 e. The standard InChI is InChI=1S/C12H17N5/c1-4-16(3)7-11-8-17(15-10(11)2)12-5-6-13-9-14-12/h5-6,8-9H,4,7H2,1-3H3. The highest BCUT2D eigenvalue weighted by atomic mass is 15.3. The second kappa shape index (κ2) is 5.05. The highest BCUT2D eigenvalue weighted by Crippen LogP contribution is 2.11. The van der Waals surface area contributed by atoms with Crippen LogP contribution in [-0.2, 0) is 6.54 Å². The molecular weight excluding hydrogens is 214 g/mol. The van der Waals surface area contributed by atoms with E-state index >= 15 is 0 Å². The van der Waals surface area contributed by atoms with Crippen LogP contribution in [-0.4, -0.2) is 38.2 Å². The van der Waals surface area contributed by atoms with E-state index in [-0.39, 0.29) is 0 Å². The average Bonchev–Trinajstić information content (AvgIpc) is 2.72. The van der Waals surface area contributed by atoms with Gasteiger partial charge in [-0.05, 0) is 20.5 Å². The van der Waals surface area contributed by atoms with Gasteiger partial charge >= 0.3 is 0 Å². The molecule has 0 aliphatic heterocycles. The minimum atomic E-state index is 0.800. The minimum absolute atomic E-state index is 0.800. The van der Waals surface area contributed by atoms with Gasteiger partial charge in [-0.2, -0.15) is 5.10 Å². The minimum Gasteiger partial charge on any atom is -0.302 e. The Labute approximate surface area is 101 Å². The molecule has 5 nitrogen and oxygen atoms in total. The van der Waals surface area contributed by atoms with Gasteiger partial charge < -0.3 is 4.90 Å². The van der Waals surface area contributed by atoms with E-state index in [4.69, 9.17) is 0 Å². The first kappa shape index (κ1) is 11.7. The van der Waals surface area contributed by atoms with E-state index in [0.717, 1.165) is 24.6 Å². The Morgan fingerprint density at radius 2 is 2.24 bits per heavy atom. The van der Waals surface area contributed by atoms with Crippen LogP contribution in [0.3, 0.4) is 0 Å². The molecule has 0 aliphatic carbocycles. The van der Waals surface area contributed by atoms with Crippen LogP contribution in [0.25, 0.3) is 5.82 Å². The average molecular weight is 231 g/mol. The molecule has 2 rings (SSSR count). The molecule has 0 amide bonds. The molecule has 0 aliphatic rings. The lowest BCUT2D eigenvalue weighted by molar-refractivity contribution is 0.345. The first-order chi connectivity index (χ1) is 8.20. The summed E-state index contributed by atoms with van der Waals surface area (Å²) in [7, 11) is 2.10. The zero-order chi connectivity index (χ0) is 12.3. The molecule has 17 heavy (non-hydrogen) atoms. The van der Waals surface area contributed by atoms with Gasteiger partial charge in [0.25, 0.3) is 0 Å². The summed E-state index contributed by atoms with van der Waals surface area (Å²) in [5.41, 5.74) is 2.27. The third kappa shape index (κ3) is 2.68. The fraction of sp³-hybridized carbons (Fsp3) is 0.417. The van der Waals surface area contributed by atoms with Crippen molar-refractivity contribution in [2.45, 2.75) is 20.4 Å². The zero-order valence-corrected chi connectivity index (χ0v) is 10.5. The van der Waals surface area contributed by atoms with E-state index in [9.17, 15) is 0 Å². The van der Waals surface area contributed by atoms with Crippen LogP contribution in [0.15, 0.2) is 24.8 Å². The van der Waals surface area contributed by atoms with Crippen molar-refractivity contribution in [3.8, 4) is 5.82 Å². The molecule has 0 radical (unpaired) electrons. The van der Waals surface area contributed by atoms with Crippen molar-refractivity contribution in [1.29, 1.82) is 0 Å². The number of hydrogen-bond donors (Lipinski definition) is 0. The van der Waals surface area contributed by atoms with Gasteiger partial charge in [-0.15, -0.1) is 0 Å². The molecule has 0 saturated carbocycles. The summed E-state index contributed by atoms with van der Waals surface area (Å²) in [4.78, 5) is 10.3. The van der Waals surface area contributed by atoms with Gasteiger partial charge in [-0.25, -0.2) is 14.6 Å². The summed E-state index contributed by atoms with van der Waals surface area (Å²) in [5, 5.41) is 4.47. The van der Waals surface area contributed by atoms with Gasteiger partial charge in [-0.3, -0.25) is 0 Å². The summed E-state index contributed by atoms with van der Waals surface area (Å²) < 4.78 is 1.80. The van der Waals surface area contributed by atoms with E-state index in [1.807, 2.05) is 19.2 Å². The highest BCUT2D eigenvalue weighted by Gasteiger charge is 2.08. The molecule has 0 aromatic carbocycles. The number of aromatic nitrogens is 4. The predicted octanol–water partition coefficient (Wildman–Crippen LogP) is 1.42. The van der Waals surface area contributed by atoms with Crippen LogP contribution in [0.4, 0.5) is 0 Å². The van der Waals surface area contributed by atoms with E-state index in [1.54, 1.807) is 10.9 Å². The van der Waals surface area contributed by atoms with E-state index in [2.05, 4.69) is 33.9 Å². The predicted molar refractivity (Wildman–Crippen MR) is 65.9 cm³/mol. The lowest BCUT2D eigenvalue weighted by Crippen LogP contribution is -2.16. The van der Waals surface area contributed by atoms with Crippen molar-refractivity contribution >= 4 is 0 Å². The molecule has 2 aromatic rings. The van der Waals surface area contributed by atoms with Gasteiger partial charge in [0.15, 0.2) is 5.82 Å². The molecule has 90 valence electrons. The summed E-state index contributed by atoms with van der Waals surface area (Å²) in [6, 6.07) is 1.85. The van der Waals surface area contributed by atoms with Crippen LogP contribution in [0, 0.1) is 6.92 Å². The maximum Gasteiger partial charge on any atom is 0.156 e. The van der Waals surface area contributed by atoms with Crippen LogP contribution in [0.1, 0.15) is 18.2 Å². The fourth-order valence-corrected chi connectivity index (χ4v) is 1.59. The second-order valence-electron chi connectivity index (χ2n) is 4.08. The lowest BCUT2D eigenvalue weighted by atomic mass is 10.2. The van der Waals surface area contributed by atoms with Crippen molar-refractivity contribution in [2.24, 2.45) is 0 Å². The first-order valence-corrected chi connectivity index (χ1v) is 5.70. The van der Waals surface area contributed by atoms with Gasteiger partial charge in [0, 0.05) is 30.6 Å². The van der Waals surface area contributed by atoms with Crippen LogP contribution in [0.5, 0.6) is 0 Å². The monoisotopic (exact) mass is 231 g/mol. The van der Waals surface area contributed by atoms with Crippen LogP contribution >= 0.6 is 0 Å². The normalized spacial score (nSPS) is 11.1. The first-order valence-electron chi connectivity index (χ1n) is 5.70. The second-order valence-corrected chi connectivity index (χ2v) is 4.08. The Morgan fingerprint density at radius 1 is 1.41 bits per heavy atom. The maximum atomic E-state index is 4.47. The topological polar surface area (TPSA) is 46.8 Å². The molecule has 2 aromatic heterocycles. The zero-order valence-electron chi connectivity index (χ0n) is 10.5. The lowest BCUT2D eigenvalue weighted by Gasteiger charge is -2.12. The molecule has 0 bridgehead atoms. The molecule has 5 heteroatoms. The van der Waals surface area contributed by atoms with Gasteiger partial charge in [0.1, 0.15) is 6.33 Å². The molecule has 0 fully saturated rings. The molecular formula is C12H17N5.